The predicted molar refractivity (Wildman–Crippen MR) is 121 cm³/mol. The van der Waals surface area contributed by atoms with E-state index in [1.54, 1.807) is 40.4 Å². The van der Waals surface area contributed by atoms with Gasteiger partial charge in [0.05, 0.1) is 11.6 Å². The smallest absolute Gasteiger partial charge is 0.290 e. The number of fused-ring (bicyclic) bond motifs is 1. The van der Waals surface area contributed by atoms with E-state index in [0.29, 0.717) is 44.0 Å². The van der Waals surface area contributed by atoms with Crippen molar-refractivity contribution >= 4 is 34.6 Å². The number of hydrogen-bond donors (Lipinski definition) is 1. The van der Waals surface area contributed by atoms with Gasteiger partial charge in [-0.3, -0.25) is 19.4 Å². The summed E-state index contributed by atoms with van der Waals surface area (Å²) in [4.78, 5) is 50.7. The third kappa shape index (κ3) is 3.64. The fourth-order valence-corrected chi connectivity index (χ4v) is 4.82. The zero-order valence-corrected chi connectivity index (χ0v) is 18.0. The van der Waals surface area contributed by atoms with Gasteiger partial charge in [-0.05, 0) is 23.8 Å². The molecular formula is C23H21N5O3S. The molecule has 3 aromatic rings. The molecule has 0 radical (unpaired) electrons. The van der Waals surface area contributed by atoms with Crippen molar-refractivity contribution in [2.75, 3.05) is 38.0 Å². The highest BCUT2D eigenvalue weighted by Gasteiger charge is 2.37. The summed E-state index contributed by atoms with van der Waals surface area (Å²) in [5.41, 5.74) is 2.88. The second-order valence-electron chi connectivity index (χ2n) is 7.71. The molecule has 1 unspecified atom stereocenters. The van der Waals surface area contributed by atoms with E-state index in [1.165, 1.54) is 11.3 Å². The predicted octanol–water partition coefficient (Wildman–Crippen LogP) is 2.27. The molecule has 162 valence electrons. The van der Waals surface area contributed by atoms with Crippen molar-refractivity contribution in [2.45, 2.75) is 5.92 Å². The van der Waals surface area contributed by atoms with E-state index >= 15 is 0 Å². The number of ketones is 1. The third-order valence-corrected chi connectivity index (χ3v) is 6.66. The summed E-state index contributed by atoms with van der Waals surface area (Å²) in [6.45, 7) is 1.86. The largest absolute Gasteiger partial charge is 0.382 e. The Morgan fingerprint density at radius 2 is 1.69 bits per heavy atom. The summed E-state index contributed by atoms with van der Waals surface area (Å²) >= 11 is 1.48. The van der Waals surface area contributed by atoms with Crippen LogP contribution in [0.5, 0.6) is 0 Å². The first-order valence-corrected chi connectivity index (χ1v) is 11.3. The lowest BCUT2D eigenvalue weighted by Crippen LogP contribution is -2.52. The Bertz CT molecular complexity index is 1160. The molecule has 2 aliphatic heterocycles. The molecule has 0 spiro atoms. The molecule has 32 heavy (non-hydrogen) atoms. The fourth-order valence-electron chi connectivity index (χ4n) is 4.18. The zero-order chi connectivity index (χ0) is 22.1. The molecule has 1 fully saturated rings. The fraction of sp³-hybridized carbons (Fsp3) is 0.261. The van der Waals surface area contributed by atoms with E-state index in [0.717, 1.165) is 16.3 Å². The van der Waals surface area contributed by atoms with Gasteiger partial charge in [-0.2, -0.15) is 0 Å². The number of rotatable bonds is 4. The summed E-state index contributed by atoms with van der Waals surface area (Å²) in [6, 6.07) is 10.9. The number of nitrogens with one attached hydrogen (secondary N) is 1. The van der Waals surface area contributed by atoms with Crippen LogP contribution in [0.3, 0.4) is 0 Å². The molecule has 9 heteroatoms. The van der Waals surface area contributed by atoms with Crippen LogP contribution >= 0.6 is 11.3 Å². The second-order valence-corrected chi connectivity index (χ2v) is 8.60. The van der Waals surface area contributed by atoms with E-state index in [9.17, 15) is 14.4 Å². The van der Waals surface area contributed by atoms with E-state index in [-0.39, 0.29) is 5.91 Å². The number of carbonyl (C=O) groups is 3. The van der Waals surface area contributed by atoms with Crippen LogP contribution in [0.15, 0.2) is 54.2 Å². The van der Waals surface area contributed by atoms with Crippen molar-refractivity contribution in [3.63, 3.8) is 0 Å². The highest BCUT2D eigenvalue weighted by Crippen LogP contribution is 2.39. The molecule has 2 amide bonds. The van der Waals surface area contributed by atoms with Crippen molar-refractivity contribution in [1.82, 2.24) is 19.8 Å². The maximum atomic E-state index is 13.1. The SMILES string of the molecule is O=C(C(=O)N1CCN(C(=O)c2ccccc2)CC1)C1CNc2c1ccnc2-c1nccs1. The molecule has 0 bridgehead atoms. The maximum Gasteiger partial charge on any atom is 0.290 e. The monoisotopic (exact) mass is 447 g/mol. The number of nitrogens with zero attached hydrogens (tertiary/aromatic N) is 4. The molecule has 4 heterocycles. The highest BCUT2D eigenvalue weighted by molar-refractivity contribution is 7.13. The molecule has 0 aliphatic carbocycles. The van der Waals surface area contributed by atoms with E-state index in [1.807, 2.05) is 23.6 Å². The van der Waals surface area contributed by atoms with Gasteiger partial charge in [0.25, 0.3) is 11.8 Å². The number of hydrogen-bond acceptors (Lipinski definition) is 7. The third-order valence-electron chi connectivity index (χ3n) is 5.88. The Morgan fingerprint density at radius 3 is 2.41 bits per heavy atom. The Balaban J connectivity index is 1.26. The van der Waals surface area contributed by atoms with Crippen molar-refractivity contribution in [3.05, 3.63) is 65.3 Å². The van der Waals surface area contributed by atoms with E-state index in [4.69, 9.17) is 0 Å². The number of benzene rings is 1. The topological polar surface area (TPSA) is 95.5 Å². The lowest BCUT2D eigenvalue weighted by molar-refractivity contribution is -0.146. The summed E-state index contributed by atoms with van der Waals surface area (Å²) in [5.74, 6) is -1.54. The van der Waals surface area contributed by atoms with Crippen LogP contribution in [0.4, 0.5) is 5.69 Å². The lowest BCUT2D eigenvalue weighted by atomic mass is 9.96. The van der Waals surface area contributed by atoms with Crippen molar-refractivity contribution in [3.8, 4) is 10.7 Å². The first kappa shape index (κ1) is 20.3. The summed E-state index contributed by atoms with van der Waals surface area (Å²) in [7, 11) is 0. The van der Waals surface area contributed by atoms with Gasteiger partial charge in [-0.1, -0.05) is 18.2 Å². The number of pyridine rings is 1. The van der Waals surface area contributed by atoms with Crippen LogP contribution in [0.1, 0.15) is 21.8 Å². The minimum absolute atomic E-state index is 0.0554. The van der Waals surface area contributed by atoms with E-state index < -0.39 is 17.6 Å². The van der Waals surface area contributed by atoms with Gasteiger partial charge in [0, 0.05) is 56.1 Å². The normalized spacial score (nSPS) is 17.6. The number of anilines is 1. The maximum absolute atomic E-state index is 13.1. The molecule has 1 aromatic carbocycles. The average molecular weight is 448 g/mol. The first-order valence-electron chi connectivity index (χ1n) is 10.4. The van der Waals surface area contributed by atoms with Gasteiger partial charge in [0.2, 0.25) is 5.78 Å². The number of aromatic nitrogens is 2. The number of Topliss-reactive ketones (excluding diaryl/α,β-unsaturated/α-hetero) is 1. The first-order chi connectivity index (χ1) is 15.6. The Kier molecular flexibility index (Phi) is 5.40. The molecule has 8 nitrogen and oxygen atoms in total. The van der Waals surface area contributed by atoms with Crippen LogP contribution in [0.2, 0.25) is 0 Å². The molecule has 2 aromatic heterocycles. The van der Waals surface area contributed by atoms with Crippen molar-refractivity contribution in [1.29, 1.82) is 0 Å². The number of piperazine rings is 1. The average Bonchev–Trinajstić information content (AvgIpc) is 3.53. The quantitative estimate of drug-likeness (QED) is 0.617. The lowest BCUT2D eigenvalue weighted by Gasteiger charge is -2.34. The highest BCUT2D eigenvalue weighted by atomic mass is 32.1. The van der Waals surface area contributed by atoms with Gasteiger partial charge in [0.1, 0.15) is 10.7 Å². The summed E-state index contributed by atoms with van der Waals surface area (Å²) < 4.78 is 0. The molecule has 1 N–H and O–H groups in total. The van der Waals surface area contributed by atoms with Gasteiger partial charge < -0.3 is 15.1 Å². The van der Waals surface area contributed by atoms with Gasteiger partial charge in [-0.25, -0.2) is 4.98 Å². The van der Waals surface area contributed by atoms with Crippen LogP contribution < -0.4 is 5.32 Å². The van der Waals surface area contributed by atoms with Gasteiger partial charge >= 0.3 is 0 Å². The number of carbonyl (C=O) groups excluding carboxylic acids is 3. The van der Waals surface area contributed by atoms with Crippen LogP contribution in [-0.4, -0.2) is 70.1 Å². The summed E-state index contributed by atoms with van der Waals surface area (Å²) in [5, 5.41) is 5.89. The van der Waals surface area contributed by atoms with Crippen LogP contribution in [-0.2, 0) is 9.59 Å². The molecule has 2 aliphatic rings. The molecule has 5 rings (SSSR count). The number of thiazole rings is 1. The van der Waals surface area contributed by atoms with Gasteiger partial charge in [-0.15, -0.1) is 11.3 Å². The van der Waals surface area contributed by atoms with E-state index in [2.05, 4.69) is 15.3 Å². The number of amides is 2. The van der Waals surface area contributed by atoms with Crippen molar-refractivity contribution in [2.24, 2.45) is 0 Å². The Labute approximate surface area is 188 Å². The molecule has 0 saturated carbocycles. The Morgan fingerprint density at radius 1 is 0.938 bits per heavy atom. The standard InChI is InChI=1S/C23H21N5O3S/c29-20(17-14-26-18-16(17)6-7-24-19(18)21-25-8-13-32-21)23(31)28-11-9-27(10-12-28)22(30)15-4-2-1-3-5-15/h1-8,13,17,26H,9-12,14H2. The van der Waals surface area contributed by atoms with Crippen LogP contribution in [0.25, 0.3) is 10.7 Å². The van der Waals surface area contributed by atoms with Crippen molar-refractivity contribution < 1.29 is 14.4 Å². The molecule has 1 saturated heterocycles. The minimum atomic E-state index is -0.553. The van der Waals surface area contributed by atoms with Gasteiger partial charge in [0.15, 0.2) is 0 Å². The zero-order valence-electron chi connectivity index (χ0n) is 17.2. The van der Waals surface area contributed by atoms with Crippen LogP contribution in [0, 0.1) is 0 Å². The molecule has 1 atom stereocenters. The second kappa shape index (κ2) is 8.51. The molecular weight excluding hydrogens is 426 g/mol. The minimum Gasteiger partial charge on any atom is -0.382 e. The Hall–Kier alpha value is -3.59. The summed E-state index contributed by atoms with van der Waals surface area (Å²) in [6.07, 6.45) is 3.37.